The molecule has 124 valence electrons. The van der Waals surface area contributed by atoms with E-state index in [1.54, 1.807) is 11.8 Å². The van der Waals surface area contributed by atoms with E-state index >= 15 is 0 Å². The van der Waals surface area contributed by atoms with E-state index in [0.717, 1.165) is 16.9 Å². The van der Waals surface area contributed by atoms with Crippen molar-refractivity contribution in [3.8, 4) is 0 Å². The zero-order chi connectivity index (χ0) is 17.2. The molecule has 3 aromatic rings. The molecule has 0 aliphatic carbocycles. The van der Waals surface area contributed by atoms with Crippen molar-refractivity contribution in [3.05, 3.63) is 90.0 Å². The second-order valence-electron chi connectivity index (χ2n) is 5.88. The number of nitrogens with zero attached hydrogens (tertiary/aromatic N) is 1. The fourth-order valence-corrected chi connectivity index (χ4v) is 3.54. The number of hydrogen-bond donors (Lipinski definition) is 1. The van der Waals surface area contributed by atoms with Crippen molar-refractivity contribution in [2.45, 2.75) is 11.1 Å². The maximum absolute atomic E-state index is 13.2. The van der Waals surface area contributed by atoms with E-state index in [1.165, 1.54) is 4.90 Å². The van der Waals surface area contributed by atoms with Gasteiger partial charge in [-0.25, -0.2) is 0 Å². The molecule has 4 heteroatoms. The molecule has 0 saturated heterocycles. The third-order valence-corrected chi connectivity index (χ3v) is 5.14. The minimum Gasteiger partial charge on any atom is -0.360 e. The first-order valence-electron chi connectivity index (χ1n) is 8.16. The van der Waals surface area contributed by atoms with Gasteiger partial charge >= 0.3 is 0 Å². The molecule has 3 aromatic carbocycles. The van der Waals surface area contributed by atoms with Gasteiger partial charge in [-0.1, -0.05) is 42.5 Å². The quantitative estimate of drug-likeness (QED) is 0.663. The van der Waals surface area contributed by atoms with E-state index in [9.17, 15) is 4.79 Å². The second-order valence-corrected chi connectivity index (χ2v) is 6.76. The summed E-state index contributed by atoms with van der Waals surface area (Å²) < 4.78 is 0. The van der Waals surface area contributed by atoms with Gasteiger partial charge in [-0.3, -0.25) is 9.69 Å². The number of rotatable bonds is 3. The third kappa shape index (κ3) is 2.89. The number of carbonyl (C=O) groups excluding carboxylic acids is 1. The lowest BCUT2D eigenvalue weighted by atomic mass is 10.0. The molecule has 0 aromatic heterocycles. The normalized spacial score (nSPS) is 16.3. The van der Waals surface area contributed by atoms with Gasteiger partial charge in [0.15, 0.2) is 0 Å². The smallest absolute Gasteiger partial charge is 0.262 e. The van der Waals surface area contributed by atoms with Gasteiger partial charge in [-0.05, 0) is 48.2 Å². The van der Waals surface area contributed by atoms with Crippen molar-refractivity contribution in [2.24, 2.45) is 0 Å². The summed E-state index contributed by atoms with van der Waals surface area (Å²) >= 11 is 1.71. The molecule has 25 heavy (non-hydrogen) atoms. The van der Waals surface area contributed by atoms with E-state index < -0.39 is 0 Å². The molecule has 0 bridgehead atoms. The van der Waals surface area contributed by atoms with Crippen molar-refractivity contribution in [3.63, 3.8) is 0 Å². The zero-order valence-corrected chi connectivity index (χ0v) is 14.7. The van der Waals surface area contributed by atoms with Crippen LogP contribution in [-0.2, 0) is 0 Å². The molecule has 0 unspecified atom stereocenters. The predicted octanol–water partition coefficient (Wildman–Crippen LogP) is 5.18. The molecular weight excluding hydrogens is 328 g/mol. The SMILES string of the molecule is CSc1ccc([C@@H]2Nc3ccccc3C(=O)N2c2ccccc2)cc1. The van der Waals surface area contributed by atoms with Crippen molar-refractivity contribution in [1.29, 1.82) is 0 Å². The topological polar surface area (TPSA) is 32.3 Å². The fraction of sp³-hybridized carbons (Fsp3) is 0.0952. The van der Waals surface area contributed by atoms with Crippen LogP contribution in [0.15, 0.2) is 83.8 Å². The first kappa shape index (κ1) is 15.8. The summed E-state index contributed by atoms with van der Waals surface area (Å²) in [6.07, 6.45) is 1.82. The standard InChI is InChI=1S/C21H18N2OS/c1-25-17-13-11-15(12-14-17)20-22-19-10-6-5-9-18(19)21(24)23(20)16-7-3-2-4-8-16/h2-14,20,22H,1H3/t20-/m1/s1. The highest BCUT2D eigenvalue weighted by Crippen LogP contribution is 2.36. The van der Waals surface area contributed by atoms with Crippen molar-refractivity contribution < 1.29 is 4.79 Å². The number of nitrogens with one attached hydrogen (secondary N) is 1. The summed E-state index contributed by atoms with van der Waals surface area (Å²) in [5.41, 5.74) is 3.51. The Morgan fingerprint density at radius 1 is 0.880 bits per heavy atom. The van der Waals surface area contributed by atoms with Crippen molar-refractivity contribution in [2.75, 3.05) is 16.5 Å². The van der Waals surface area contributed by atoms with Gasteiger partial charge in [-0.15, -0.1) is 11.8 Å². The first-order chi connectivity index (χ1) is 12.3. The molecule has 1 aliphatic rings. The van der Waals surface area contributed by atoms with Gasteiger partial charge in [0.25, 0.3) is 5.91 Å². The molecule has 1 atom stereocenters. The van der Waals surface area contributed by atoms with E-state index in [2.05, 4.69) is 35.8 Å². The summed E-state index contributed by atoms with van der Waals surface area (Å²) in [6, 6.07) is 25.8. The average molecular weight is 346 g/mol. The molecule has 1 amide bonds. The van der Waals surface area contributed by atoms with Crippen LogP contribution in [0.1, 0.15) is 22.1 Å². The lowest BCUT2D eigenvalue weighted by Crippen LogP contribution is -2.43. The molecule has 0 fully saturated rings. The number of para-hydroxylation sites is 2. The number of carbonyl (C=O) groups is 1. The van der Waals surface area contributed by atoms with Crippen LogP contribution >= 0.6 is 11.8 Å². The molecular formula is C21H18N2OS. The van der Waals surface area contributed by atoms with Crippen LogP contribution < -0.4 is 10.2 Å². The lowest BCUT2D eigenvalue weighted by Gasteiger charge is -2.38. The Hall–Kier alpha value is -2.72. The van der Waals surface area contributed by atoms with E-state index in [0.29, 0.717) is 5.56 Å². The number of amides is 1. The van der Waals surface area contributed by atoms with Crippen LogP contribution in [0.25, 0.3) is 0 Å². The Bertz CT molecular complexity index is 893. The van der Waals surface area contributed by atoms with Crippen LogP contribution in [-0.4, -0.2) is 12.2 Å². The molecule has 4 rings (SSSR count). The second kappa shape index (κ2) is 6.65. The number of fused-ring (bicyclic) bond motifs is 1. The van der Waals surface area contributed by atoms with Crippen LogP contribution in [0, 0.1) is 0 Å². The van der Waals surface area contributed by atoms with Gasteiger partial charge in [0.1, 0.15) is 6.17 Å². The molecule has 1 aliphatic heterocycles. The van der Waals surface area contributed by atoms with Crippen molar-refractivity contribution >= 4 is 29.0 Å². The van der Waals surface area contributed by atoms with Gasteiger partial charge in [0, 0.05) is 16.3 Å². The largest absolute Gasteiger partial charge is 0.360 e. The molecule has 3 nitrogen and oxygen atoms in total. The third-order valence-electron chi connectivity index (χ3n) is 4.39. The highest BCUT2D eigenvalue weighted by molar-refractivity contribution is 7.98. The minimum atomic E-state index is -0.235. The van der Waals surface area contributed by atoms with Gasteiger partial charge in [0.05, 0.1) is 5.56 Å². The first-order valence-corrected chi connectivity index (χ1v) is 9.38. The predicted molar refractivity (Wildman–Crippen MR) is 104 cm³/mol. The molecule has 1 heterocycles. The number of anilines is 2. The highest BCUT2D eigenvalue weighted by Gasteiger charge is 2.33. The summed E-state index contributed by atoms with van der Waals surface area (Å²) in [5, 5.41) is 3.53. The Morgan fingerprint density at radius 2 is 1.56 bits per heavy atom. The van der Waals surface area contributed by atoms with Gasteiger partial charge in [-0.2, -0.15) is 0 Å². The Morgan fingerprint density at radius 3 is 2.28 bits per heavy atom. The van der Waals surface area contributed by atoms with Crippen LogP contribution in [0.2, 0.25) is 0 Å². The number of hydrogen-bond acceptors (Lipinski definition) is 3. The van der Waals surface area contributed by atoms with Crippen molar-refractivity contribution in [1.82, 2.24) is 0 Å². The summed E-state index contributed by atoms with van der Waals surface area (Å²) in [5.74, 6) is 0.0134. The maximum Gasteiger partial charge on any atom is 0.262 e. The summed E-state index contributed by atoms with van der Waals surface area (Å²) in [7, 11) is 0. The van der Waals surface area contributed by atoms with E-state index in [-0.39, 0.29) is 12.1 Å². The lowest BCUT2D eigenvalue weighted by molar-refractivity contribution is 0.0975. The van der Waals surface area contributed by atoms with Gasteiger partial charge < -0.3 is 5.32 Å². The molecule has 0 saturated carbocycles. The van der Waals surface area contributed by atoms with Crippen LogP contribution in [0.5, 0.6) is 0 Å². The Labute approximate surface area is 151 Å². The number of thioether (sulfide) groups is 1. The molecule has 0 radical (unpaired) electrons. The minimum absolute atomic E-state index is 0.0134. The van der Waals surface area contributed by atoms with E-state index in [1.807, 2.05) is 59.5 Å². The molecule has 0 spiro atoms. The average Bonchev–Trinajstić information content (AvgIpc) is 2.69. The zero-order valence-electron chi connectivity index (χ0n) is 13.8. The Kier molecular flexibility index (Phi) is 4.20. The summed E-state index contributed by atoms with van der Waals surface area (Å²) in [6.45, 7) is 0. The van der Waals surface area contributed by atoms with E-state index in [4.69, 9.17) is 0 Å². The monoisotopic (exact) mass is 346 g/mol. The summed E-state index contributed by atoms with van der Waals surface area (Å²) in [4.78, 5) is 16.2. The maximum atomic E-state index is 13.2. The Balaban J connectivity index is 1.82. The number of benzene rings is 3. The van der Waals surface area contributed by atoms with Gasteiger partial charge in [0.2, 0.25) is 0 Å². The van der Waals surface area contributed by atoms with Crippen LogP contribution in [0.3, 0.4) is 0 Å². The highest BCUT2D eigenvalue weighted by atomic mass is 32.2. The fourth-order valence-electron chi connectivity index (χ4n) is 3.13. The van der Waals surface area contributed by atoms with Crippen LogP contribution in [0.4, 0.5) is 11.4 Å². The molecule has 1 N–H and O–H groups in total.